The Balaban J connectivity index is 1.33. The van der Waals surface area contributed by atoms with Crippen LogP contribution in [0.2, 0.25) is 0 Å². The monoisotopic (exact) mass is 358 g/mol. The number of benzene rings is 1. The van der Waals surface area contributed by atoms with Gasteiger partial charge in [-0.1, -0.05) is 18.6 Å². The van der Waals surface area contributed by atoms with Crippen molar-refractivity contribution in [3.05, 3.63) is 40.6 Å². The molecule has 0 saturated heterocycles. The Kier molecular flexibility index (Phi) is 4.64. The molecular weight excluding hydrogens is 336 g/mol. The molecule has 8 heteroatoms. The topological polar surface area (TPSA) is 87.4 Å². The number of nitrogens with zero attached hydrogens (tertiary/aromatic N) is 3. The third-order valence-corrected chi connectivity index (χ3v) is 4.67. The molecule has 1 aromatic carbocycles. The summed E-state index contributed by atoms with van der Waals surface area (Å²) in [7, 11) is 0. The van der Waals surface area contributed by atoms with E-state index in [0.717, 1.165) is 31.5 Å². The fraction of sp³-hybridized carbons (Fsp3) is 0.500. The number of para-hydroxylation sites is 2. The molecule has 1 atom stereocenters. The highest BCUT2D eigenvalue weighted by Crippen LogP contribution is 2.30. The van der Waals surface area contributed by atoms with Crippen LogP contribution in [0.4, 0.5) is 0 Å². The number of hydrogen-bond acceptors (Lipinski definition) is 5. The predicted octanol–water partition coefficient (Wildman–Crippen LogP) is 0.727. The molecule has 0 aliphatic carbocycles. The first-order chi connectivity index (χ1) is 12.7. The maximum atomic E-state index is 12.4. The maximum Gasteiger partial charge on any atom is 0.346 e. The predicted molar refractivity (Wildman–Crippen MR) is 93.4 cm³/mol. The van der Waals surface area contributed by atoms with Crippen LogP contribution in [-0.2, 0) is 24.3 Å². The standard InChI is InChI=1S/C18H22N4O4/c23-17(11-22-18(24)21-9-5-1-2-8-16(21)20-22)19-10-13-12-25-14-6-3-4-7-15(14)26-13/h3-4,6-7,13H,1-2,5,8-12H2,(H,19,23). The Morgan fingerprint density at radius 1 is 1.23 bits per heavy atom. The number of aromatic nitrogens is 3. The summed E-state index contributed by atoms with van der Waals surface area (Å²) in [6, 6.07) is 7.44. The van der Waals surface area contributed by atoms with E-state index in [2.05, 4.69) is 10.4 Å². The number of carbonyl (C=O) groups excluding carboxylic acids is 1. The molecule has 1 aromatic heterocycles. The van der Waals surface area contributed by atoms with Crippen molar-refractivity contribution in [3.63, 3.8) is 0 Å². The summed E-state index contributed by atoms with van der Waals surface area (Å²) < 4.78 is 14.4. The van der Waals surface area contributed by atoms with Gasteiger partial charge in [0.1, 0.15) is 25.1 Å². The van der Waals surface area contributed by atoms with Crippen molar-refractivity contribution in [1.29, 1.82) is 0 Å². The second kappa shape index (κ2) is 7.23. The molecule has 138 valence electrons. The van der Waals surface area contributed by atoms with E-state index in [1.807, 2.05) is 24.3 Å². The van der Waals surface area contributed by atoms with Gasteiger partial charge in [0.15, 0.2) is 11.5 Å². The van der Waals surface area contributed by atoms with Gasteiger partial charge in [-0.3, -0.25) is 9.36 Å². The molecule has 2 aromatic rings. The third-order valence-electron chi connectivity index (χ3n) is 4.67. The first-order valence-electron chi connectivity index (χ1n) is 9.02. The molecule has 4 rings (SSSR count). The van der Waals surface area contributed by atoms with E-state index in [0.29, 0.717) is 31.2 Å². The number of amides is 1. The summed E-state index contributed by atoms with van der Waals surface area (Å²) in [4.78, 5) is 24.6. The van der Waals surface area contributed by atoms with Crippen LogP contribution in [0.1, 0.15) is 25.1 Å². The van der Waals surface area contributed by atoms with Crippen molar-refractivity contribution in [2.75, 3.05) is 13.2 Å². The molecule has 1 N–H and O–H groups in total. The van der Waals surface area contributed by atoms with E-state index in [1.54, 1.807) is 4.57 Å². The number of ether oxygens (including phenoxy) is 2. The fourth-order valence-electron chi connectivity index (χ4n) is 3.31. The minimum Gasteiger partial charge on any atom is -0.486 e. The van der Waals surface area contributed by atoms with Gasteiger partial charge in [0.05, 0.1) is 6.54 Å². The lowest BCUT2D eigenvalue weighted by atomic mass is 10.2. The minimum atomic E-state index is -0.261. The Labute approximate surface area is 150 Å². The highest BCUT2D eigenvalue weighted by Gasteiger charge is 2.22. The number of nitrogens with one attached hydrogen (secondary N) is 1. The van der Waals surface area contributed by atoms with Gasteiger partial charge in [-0.25, -0.2) is 9.48 Å². The molecule has 0 radical (unpaired) electrons. The lowest BCUT2D eigenvalue weighted by molar-refractivity contribution is -0.122. The van der Waals surface area contributed by atoms with Crippen LogP contribution in [0.5, 0.6) is 11.5 Å². The average molecular weight is 358 g/mol. The molecule has 0 saturated carbocycles. The average Bonchev–Trinajstić information content (AvgIpc) is 2.83. The van der Waals surface area contributed by atoms with Gasteiger partial charge < -0.3 is 14.8 Å². The molecule has 8 nitrogen and oxygen atoms in total. The molecular formula is C18H22N4O4. The second-order valence-corrected chi connectivity index (χ2v) is 6.62. The summed E-state index contributed by atoms with van der Waals surface area (Å²) in [6.07, 6.45) is 3.64. The Morgan fingerprint density at radius 2 is 2.08 bits per heavy atom. The van der Waals surface area contributed by atoms with Gasteiger partial charge in [0.2, 0.25) is 5.91 Å². The first kappa shape index (κ1) is 16.7. The SMILES string of the molecule is O=C(Cn1nc2n(c1=O)CCCCC2)NCC1COc2ccccc2O1. The van der Waals surface area contributed by atoms with Gasteiger partial charge in [0.25, 0.3) is 0 Å². The normalized spacial score (nSPS) is 18.7. The molecule has 1 amide bonds. The van der Waals surface area contributed by atoms with Crippen molar-refractivity contribution >= 4 is 5.91 Å². The molecule has 3 heterocycles. The van der Waals surface area contributed by atoms with Gasteiger partial charge in [-0.15, -0.1) is 0 Å². The van der Waals surface area contributed by atoms with Gasteiger partial charge >= 0.3 is 5.69 Å². The summed E-state index contributed by atoms with van der Waals surface area (Å²) in [6.45, 7) is 1.29. The van der Waals surface area contributed by atoms with E-state index < -0.39 is 0 Å². The van der Waals surface area contributed by atoms with Crippen LogP contribution in [0, 0.1) is 0 Å². The van der Waals surface area contributed by atoms with E-state index in [-0.39, 0.29) is 24.2 Å². The summed E-state index contributed by atoms with van der Waals surface area (Å²) >= 11 is 0. The van der Waals surface area contributed by atoms with Gasteiger partial charge in [-0.2, -0.15) is 5.10 Å². The molecule has 0 fully saturated rings. The first-order valence-corrected chi connectivity index (χ1v) is 9.02. The fourth-order valence-corrected chi connectivity index (χ4v) is 3.31. The van der Waals surface area contributed by atoms with Crippen molar-refractivity contribution in [1.82, 2.24) is 19.7 Å². The third kappa shape index (κ3) is 3.44. The minimum absolute atomic E-state index is 0.0804. The highest BCUT2D eigenvalue weighted by atomic mass is 16.6. The van der Waals surface area contributed by atoms with E-state index in [1.165, 1.54) is 4.68 Å². The lowest BCUT2D eigenvalue weighted by Crippen LogP contribution is -2.42. The van der Waals surface area contributed by atoms with E-state index >= 15 is 0 Å². The number of fused-ring (bicyclic) bond motifs is 2. The molecule has 2 aliphatic heterocycles. The van der Waals surface area contributed by atoms with Crippen LogP contribution in [0.25, 0.3) is 0 Å². The number of carbonyl (C=O) groups is 1. The van der Waals surface area contributed by atoms with E-state index in [9.17, 15) is 9.59 Å². The Morgan fingerprint density at radius 3 is 2.96 bits per heavy atom. The van der Waals surface area contributed by atoms with E-state index in [4.69, 9.17) is 9.47 Å². The van der Waals surface area contributed by atoms with Crippen molar-refractivity contribution in [2.45, 2.75) is 44.9 Å². The van der Waals surface area contributed by atoms with Crippen molar-refractivity contribution in [3.8, 4) is 11.5 Å². The van der Waals surface area contributed by atoms with Crippen LogP contribution >= 0.6 is 0 Å². The number of hydrogen-bond donors (Lipinski definition) is 1. The van der Waals surface area contributed by atoms with Crippen molar-refractivity contribution < 1.29 is 14.3 Å². The zero-order chi connectivity index (χ0) is 17.9. The molecule has 0 bridgehead atoms. The van der Waals surface area contributed by atoms with Crippen LogP contribution < -0.4 is 20.5 Å². The van der Waals surface area contributed by atoms with Gasteiger partial charge in [0, 0.05) is 13.0 Å². The Bertz CT molecular complexity index is 857. The number of rotatable bonds is 4. The smallest absolute Gasteiger partial charge is 0.346 e. The van der Waals surface area contributed by atoms with Crippen molar-refractivity contribution in [2.24, 2.45) is 0 Å². The summed E-state index contributed by atoms with van der Waals surface area (Å²) in [5.41, 5.74) is -0.205. The quantitative estimate of drug-likeness (QED) is 0.871. The number of aryl methyl sites for hydroxylation is 1. The molecule has 26 heavy (non-hydrogen) atoms. The van der Waals surface area contributed by atoms with Crippen LogP contribution in [0.3, 0.4) is 0 Å². The second-order valence-electron chi connectivity index (χ2n) is 6.62. The summed E-state index contributed by atoms with van der Waals surface area (Å²) in [5, 5.41) is 7.12. The molecule has 0 spiro atoms. The van der Waals surface area contributed by atoms with Crippen LogP contribution in [-0.4, -0.2) is 39.5 Å². The molecule has 1 unspecified atom stereocenters. The summed E-state index contributed by atoms with van der Waals surface area (Å²) in [5.74, 6) is 1.90. The Hall–Kier alpha value is -2.77. The maximum absolute atomic E-state index is 12.4. The largest absolute Gasteiger partial charge is 0.486 e. The molecule has 2 aliphatic rings. The zero-order valence-corrected chi connectivity index (χ0v) is 14.5. The van der Waals surface area contributed by atoms with Gasteiger partial charge in [-0.05, 0) is 25.0 Å². The zero-order valence-electron chi connectivity index (χ0n) is 14.5. The van der Waals surface area contributed by atoms with Crippen LogP contribution in [0.15, 0.2) is 29.1 Å². The lowest BCUT2D eigenvalue weighted by Gasteiger charge is -2.26. The highest BCUT2D eigenvalue weighted by molar-refractivity contribution is 5.75.